The fourth-order valence-electron chi connectivity index (χ4n) is 1.46. The second-order valence-corrected chi connectivity index (χ2v) is 3.22. The van der Waals surface area contributed by atoms with Crippen molar-refractivity contribution in [2.75, 3.05) is 0 Å². The van der Waals surface area contributed by atoms with Crippen LogP contribution in [0.5, 0.6) is 0 Å². The lowest BCUT2D eigenvalue weighted by Gasteiger charge is -2.05. The summed E-state index contributed by atoms with van der Waals surface area (Å²) in [5.41, 5.74) is 1.86. The molecule has 0 fully saturated rings. The summed E-state index contributed by atoms with van der Waals surface area (Å²) in [5.74, 6) is 0. The van der Waals surface area contributed by atoms with Gasteiger partial charge < -0.3 is 5.02 Å². The van der Waals surface area contributed by atoms with E-state index in [0.29, 0.717) is 0 Å². The molecule has 0 aliphatic rings. The van der Waals surface area contributed by atoms with E-state index in [1.807, 2.05) is 88.4 Å². The quantitative estimate of drug-likeness (QED) is 0.803. The normalized spacial score (nSPS) is 8.28. The Labute approximate surface area is 112 Å². The summed E-state index contributed by atoms with van der Waals surface area (Å²) in [7, 11) is 0. The van der Waals surface area contributed by atoms with Crippen LogP contribution in [0.1, 0.15) is 27.7 Å². The summed E-state index contributed by atoms with van der Waals surface area (Å²) >= 11 is 0. The largest absolute Gasteiger partial charge is 0.443 e. The van der Waals surface area contributed by atoms with Gasteiger partial charge in [-0.25, -0.2) is 0 Å². The zero-order chi connectivity index (χ0) is 13.8. The van der Waals surface area contributed by atoms with Crippen molar-refractivity contribution in [2.24, 2.45) is 0 Å². The minimum Gasteiger partial charge on any atom is -0.443 e. The highest BCUT2D eigenvalue weighted by molar-refractivity contribution is 6.78. The molecule has 0 amide bonds. The van der Waals surface area contributed by atoms with E-state index in [1.54, 1.807) is 0 Å². The van der Waals surface area contributed by atoms with Gasteiger partial charge >= 0.3 is 6.92 Å². The zero-order valence-electron chi connectivity index (χ0n) is 11.8. The average Bonchev–Trinajstić information content (AvgIpc) is 2.52. The molecular formula is C16H23BO. The molecule has 0 aromatic heterocycles. The van der Waals surface area contributed by atoms with Gasteiger partial charge in [-0.3, -0.25) is 0 Å². The smallest absolute Gasteiger partial charge is 0.358 e. The summed E-state index contributed by atoms with van der Waals surface area (Å²) < 4.78 is 0. The van der Waals surface area contributed by atoms with Gasteiger partial charge in [0.2, 0.25) is 0 Å². The number of rotatable bonds is 2. The molecule has 0 saturated heterocycles. The lowest BCUT2D eigenvalue weighted by atomic mass is 9.56. The highest BCUT2D eigenvalue weighted by Crippen LogP contribution is 1.89. The van der Waals surface area contributed by atoms with Crippen molar-refractivity contribution >= 4 is 17.8 Å². The molecule has 1 N–H and O–H groups in total. The van der Waals surface area contributed by atoms with Crippen molar-refractivity contribution in [1.29, 1.82) is 0 Å². The molecule has 18 heavy (non-hydrogen) atoms. The minimum atomic E-state index is -0.516. The molecule has 0 heterocycles. The number of benzene rings is 2. The van der Waals surface area contributed by atoms with Crippen LogP contribution in [0.4, 0.5) is 0 Å². The first-order valence-corrected chi connectivity index (χ1v) is 6.66. The Balaban J connectivity index is 0.000000659. The first-order chi connectivity index (χ1) is 8.88. The second kappa shape index (κ2) is 10.6. The Morgan fingerprint density at radius 3 is 1.17 bits per heavy atom. The van der Waals surface area contributed by atoms with E-state index in [2.05, 4.69) is 0 Å². The summed E-state index contributed by atoms with van der Waals surface area (Å²) in [6.07, 6.45) is 0. The molecule has 1 nitrogen and oxygen atoms in total. The van der Waals surface area contributed by atoms with Crippen LogP contribution < -0.4 is 10.9 Å². The monoisotopic (exact) mass is 242 g/mol. The highest BCUT2D eigenvalue weighted by Gasteiger charge is 2.14. The van der Waals surface area contributed by atoms with Crippen LogP contribution in [0.2, 0.25) is 0 Å². The van der Waals surface area contributed by atoms with Crippen LogP contribution in [0, 0.1) is 0 Å². The van der Waals surface area contributed by atoms with Crippen LogP contribution in [0.25, 0.3) is 0 Å². The van der Waals surface area contributed by atoms with Crippen molar-refractivity contribution < 1.29 is 5.02 Å². The molecule has 0 bridgehead atoms. The predicted octanol–water partition coefficient (Wildman–Crippen LogP) is 2.84. The molecule has 0 aliphatic carbocycles. The summed E-state index contributed by atoms with van der Waals surface area (Å²) in [5, 5.41) is 9.99. The van der Waals surface area contributed by atoms with Gasteiger partial charge in [-0.2, -0.15) is 0 Å². The first-order valence-electron chi connectivity index (χ1n) is 6.66. The Hall–Kier alpha value is -1.54. The Morgan fingerprint density at radius 1 is 0.611 bits per heavy atom. The molecule has 0 spiro atoms. The van der Waals surface area contributed by atoms with Crippen molar-refractivity contribution in [1.82, 2.24) is 0 Å². The molecular weight excluding hydrogens is 219 g/mol. The van der Waals surface area contributed by atoms with Crippen LogP contribution in [-0.4, -0.2) is 11.9 Å². The van der Waals surface area contributed by atoms with E-state index in [-0.39, 0.29) is 0 Å². The van der Waals surface area contributed by atoms with E-state index < -0.39 is 6.92 Å². The van der Waals surface area contributed by atoms with Crippen LogP contribution >= 0.6 is 0 Å². The van der Waals surface area contributed by atoms with E-state index in [0.717, 1.165) is 10.9 Å². The fraction of sp³-hybridized carbons (Fsp3) is 0.250. The lowest BCUT2D eigenvalue weighted by Crippen LogP contribution is -2.41. The average molecular weight is 242 g/mol. The number of hydrogen-bond acceptors (Lipinski definition) is 1. The summed E-state index contributed by atoms with van der Waals surface area (Å²) in [4.78, 5) is 0. The van der Waals surface area contributed by atoms with Gasteiger partial charge in [0.25, 0.3) is 0 Å². The van der Waals surface area contributed by atoms with E-state index >= 15 is 0 Å². The molecule has 96 valence electrons. The Bertz CT molecular complexity index is 347. The van der Waals surface area contributed by atoms with Crippen molar-refractivity contribution in [3.63, 3.8) is 0 Å². The molecule has 0 radical (unpaired) electrons. The van der Waals surface area contributed by atoms with E-state index in [9.17, 15) is 5.02 Å². The SMILES string of the molecule is CC.CC.OB(c1ccccc1)c1ccccc1. The van der Waals surface area contributed by atoms with Crippen molar-refractivity contribution in [3.05, 3.63) is 60.7 Å². The van der Waals surface area contributed by atoms with Crippen molar-refractivity contribution in [2.45, 2.75) is 27.7 Å². The van der Waals surface area contributed by atoms with Crippen LogP contribution in [0.15, 0.2) is 60.7 Å². The van der Waals surface area contributed by atoms with Crippen LogP contribution in [0.3, 0.4) is 0 Å². The first kappa shape index (κ1) is 16.5. The molecule has 0 unspecified atom stereocenters. The lowest BCUT2D eigenvalue weighted by molar-refractivity contribution is 0.600. The third-order valence-electron chi connectivity index (χ3n) is 2.23. The maximum absolute atomic E-state index is 9.99. The second-order valence-electron chi connectivity index (χ2n) is 3.22. The standard InChI is InChI=1S/C12H11BO.2C2H6/c14-13(11-7-3-1-4-8-11)12-9-5-2-6-10-12;2*1-2/h1-10,14H;2*1-2H3. The predicted molar refractivity (Wildman–Crippen MR) is 82.8 cm³/mol. The Morgan fingerprint density at radius 2 is 0.889 bits per heavy atom. The van der Waals surface area contributed by atoms with Gasteiger partial charge in [-0.05, 0) is 10.9 Å². The van der Waals surface area contributed by atoms with E-state index in [4.69, 9.17) is 0 Å². The fourth-order valence-corrected chi connectivity index (χ4v) is 1.46. The van der Waals surface area contributed by atoms with Gasteiger partial charge in [-0.15, -0.1) is 0 Å². The van der Waals surface area contributed by atoms with Crippen molar-refractivity contribution in [3.8, 4) is 0 Å². The summed E-state index contributed by atoms with van der Waals surface area (Å²) in [6.45, 7) is 7.48. The maximum Gasteiger partial charge on any atom is 0.358 e. The minimum absolute atomic E-state index is 0.516. The maximum atomic E-state index is 9.99. The molecule has 2 heteroatoms. The molecule has 2 rings (SSSR count). The van der Waals surface area contributed by atoms with Crippen LogP contribution in [-0.2, 0) is 0 Å². The van der Waals surface area contributed by atoms with Gasteiger partial charge in [-0.1, -0.05) is 88.4 Å². The summed E-state index contributed by atoms with van der Waals surface area (Å²) in [6, 6.07) is 19.3. The van der Waals surface area contributed by atoms with Gasteiger partial charge in [0, 0.05) is 0 Å². The number of hydrogen-bond donors (Lipinski definition) is 1. The third kappa shape index (κ3) is 5.20. The molecule has 0 atom stereocenters. The highest BCUT2D eigenvalue weighted by atomic mass is 16.2. The zero-order valence-corrected chi connectivity index (χ0v) is 11.8. The molecule has 0 saturated carbocycles. The van der Waals surface area contributed by atoms with Gasteiger partial charge in [0.05, 0.1) is 0 Å². The van der Waals surface area contributed by atoms with E-state index in [1.165, 1.54) is 0 Å². The molecule has 2 aromatic carbocycles. The van der Waals surface area contributed by atoms with Gasteiger partial charge in [0.15, 0.2) is 0 Å². The molecule has 2 aromatic rings. The third-order valence-corrected chi connectivity index (χ3v) is 2.23. The topological polar surface area (TPSA) is 20.2 Å². The van der Waals surface area contributed by atoms with Gasteiger partial charge in [0.1, 0.15) is 0 Å². The Kier molecular flexibility index (Phi) is 9.70. The molecule has 0 aliphatic heterocycles.